The van der Waals surface area contributed by atoms with Crippen LogP contribution in [0, 0.1) is 15.9 Å². The second kappa shape index (κ2) is 5.19. The van der Waals surface area contributed by atoms with Crippen LogP contribution in [0.5, 0.6) is 0 Å². The molecular weight excluding hydrogens is 255 g/mol. The van der Waals surface area contributed by atoms with Crippen LogP contribution in [-0.4, -0.2) is 36.5 Å². The van der Waals surface area contributed by atoms with Crippen molar-refractivity contribution < 1.29 is 14.1 Å². The van der Waals surface area contributed by atoms with E-state index in [9.17, 15) is 19.3 Å². The van der Waals surface area contributed by atoms with Crippen LogP contribution in [0.3, 0.4) is 0 Å². The van der Waals surface area contributed by atoms with Gasteiger partial charge in [-0.25, -0.2) is 4.39 Å². The predicted octanol–water partition coefficient (Wildman–Crippen LogP) is -0.00260. The first-order valence-corrected chi connectivity index (χ1v) is 5.71. The van der Waals surface area contributed by atoms with Gasteiger partial charge in [-0.1, -0.05) is 0 Å². The Morgan fingerprint density at radius 3 is 2.89 bits per heavy atom. The van der Waals surface area contributed by atoms with E-state index in [1.165, 1.54) is 17.0 Å². The summed E-state index contributed by atoms with van der Waals surface area (Å²) in [6.45, 7) is 1.31. The molecule has 2 rings (SSSR count). The van der Waals surface area contributed by atoms with Gasteiger partial charge in [-0.05, 0) is 6.07 Å². The lowest BCUT2D eigenvalue weighted by Gasteiger charge is -2.36. The van der Waals surface area contributed by atoms with Crippen LogP contribution in [0.4, 0.5) is 15.8 Å². The van der Waals surface area contributed by atoms with E-state index in [2.05, 4.69) is 5.32 Å². The van der Waals surface area contributed by atoms with Gasteiger partial charge in [-0.3, -0.25) is 14.9 Å². The van der Waals surface area contributed by atoms with Gasteiger partial charge in [0.05, 0.1) is 16.7 Å². The quantitative estimate of drug-likeness (QED) is 0.593. The highest BCUT2D eigenvalue weighted by Gasteiger charge is 2.29. The Kier molecular flexibility index (Phi) is 3.61. The maximum atomic E-state index is 13.9. The van der Waals surface area contributed by atoms with Gasteiger partial charge in [0.1, 0.15) is 6.04 Å². The van der Waals surface area contributed by atoms with E-state index in [1.54, 1.807) is 0 Å². The lowest BCUT2D eigenvalue weighted by atomic mass is 10.1. The van der Waals surface area contributed by atoms with E-state index in [0.29, 0.717) is 19.6 Å². The number of carbonyl (C=O) groups is 1. The minimum absolute atomic E-state index is 0.149. The molecule has 0 aromatic heterocycles. The zero-order valence-electron chi connectivity index (χ0n) is 10.0. The lowest BCUT2D eigenvalue weighted by Crippen LogP contribution is -2.57. The molecule has 1 aromatic carbocycles. The van der Waals surface area contributed by atoms with Crippen molar-refractivity contribution in [2.45, 2.75) is 6.04 Å². The fourth-order valence-electron chi connectivity index (χ4n) is 2.09. The molecule has 1 unspecified atom stereocenters. The zero-order chi connectivity index (χ0) is 14.0. The van der Waals surface area contributed by atoms with E-state index < -0.39 is 22.7 Å². The molecule has 1 aromatic rings. The summed E-state index contributed by atoms with van der Waals surface area (Å²) in [7, 11) is 0. The summed E-state index contributed by atoms with van der Waals surface area (Å²) >= 11 is 0. The van der Waals surface area contributed by atoms with E-state index >= 15 is 0 Å². The highest BCUT2D eigenvalue weighted by Crippen LogP contribution is 2.26. The molecule has 0 aliphatic carbocycles. The second-order valence-corrected chi connectivity index (χ2v) is 4.21. The van der Waals surface area contributed by atoms with Crippen LogP contribution >= 0.6 is 0 Å². The number of anilines is 1. The number of hydrogen-bond acceptors (Lipinski definition) is 5. The Hall–Kier alpha value is -2.22. The molecule has 7 nitrogen and oxygen atoms in total. The third kappa shape index (κ3) is 2.63. The molecule has 0 saturated carbocycles. The third-order valence-corrected chi connectivity index (χ3v) is 3.02. The number of piperazine rings is 1. The number of nitrogens with two attached hydrogens (primary N) is 1. The summed E-state index contributed by atoms with van der Waals surface area (Å²) in [4.78, 5) is 22.7. The van der Waals surface area contributed by atoms with Crippen molar-refractivity contribution in [3.63, 3.8) is 0 Å². The number of carbonyl (C=O) groups excluding carboxylic acids is 1. The third-order valence-electron chi connectivity index (χ3n) is 3.02. The number of hydrogen-bond donors (Lipinski definition) is 2. The summed E-state index contributed by atoms with van der Waals surface area (Å²) in [6.07, 6.45) is 0. The largest absolute Gasteiger partial charge is 0.368 e. The first-order valence-electron chi connectivity index (χ1n) is 5.71. The molecule has 1 saturated heterocycles. The van der Waals surface area contributed by atoms with Crippen molar-refractivity contribution in [2.75, 3.05) is 24.5 Å². The maximum Gasteiger partial charge on any atom is 0.272 e. The highest BCUT2D eigenvalue weighted by atomic mass is 19.1. The zero-order valence-corrected chi connectivity index (χ0v) is 10.0. The molecule has 1 fully saturated rings. The summed E-state index contributed by atoms with van der Waals surface area (Å²) in [5.41, 5.74) is 5.09. The number of halogens is 1. The van der Waals surface area contributed by atoms with Crippen molar-refractivity contribution >= 4 is 17.3 Å². The highest BCUT2D eigenvalue weighted by molar-refractivity contribution is 5.84. The number of amides is 1. The fraction of sp³-hybridized carbons (Fsp3) is 0.364. The molecule has 0 spiro atoms. The molecule has 102 valence electrons. The van der Waals surface area contributed by atoms with Crippen LogP contribution in [-0.2, 0) is 4.79 Å². The average Bonchev–Trinajstić information content (AvgIpc) is 2.38. The van der Waals surface area contributed by atoms with Gasteiger partial charge < -0.3 is 16.0 Å². The van der Waals surface area contributed by atoms with Gasteiger partial charge in [-0.2, -0.15) is 0 Å². The number of primary amides is 1. The molecule has 1 atom stereocenters. The molecule has 1 aliphatic rings. The van der Waals surface area contributed by atoms with E-state index in [1.807, 2.05) is 0 Å². The summed E-state index contributed by atoms with van der Waals surface area (Å²) in [5.74, 6) is -1.30. The number of benzene rings is 1. The number of nitrogens with zero attached hydrogens (tertiary/aromatic N) is 2. The predicted molar refractivity (Wildman–Crippen MR) is 66.3 cm³/mol. The topological polar surface area (TPSA) is 102 Å². The Labute approximate surface area is 108 Å². The summed E-state index contributed by atoms with van der Waals surface area (Å²) < 4.78 is 13.9. The fourth-order valence-corrected chi connectivity index (χ4v) is 2.09. The van der Waals surface area contributed by atoms with E-state index in [4.69, 9.17) is 5.73 Å². The van der Waals surface area contributed by atoms with Crippen molar-refractivity contribution in [3.05, 3.63) is 34.1 Å². The van der Waals surface area contributed by atoms with E-state index in [-0.39, 0.29) is 11.4 Å². The monoisotopic (exact) mass is 268 g/mol. The van der Waals surface area contributed by atoms with Crippen molar-refractivity contribution in [1.29, 1.82) is 0 Å². The number of nitro benzene ring substituents is 1. The minimum atomic E-state index is -0.734. The average molecular weight is 268 g/mol. The lowest BCUT2D eigenvalue weighted by molar-refractivity contribution is -0.385. The molecule has 1 amide bonds. The number of nitrogens with one attached hydrogen (secondary N) is 1. The van der Waals surface area contributed by atoms with Crippen LogP contribution in [0.1, 0.15) is 0 Å². The van der Waals surface area contributed by atoms with Gasteiger partial charge in [0.25, 0.3) is 5.69 Å². The Bertz CT molecular complexity index is 523. The van der Waals surface area contributed by atoms with Crippen molar-refractivity contribution in [1.82, 2.24) is 5.32 Å². The molecule has 0 radical (unpaired) electrons. The van der Waals surface area contributed by atoms with Crippen molar-refractivity contribution in [2.24, 2.45) is 5.73 Å². The molecule has 19 heavy (non-hydrogen) atoms. The number of nitro groups is 1. The van der Waals surface area contributed by atoms with Crippen LogP contribution in [0.25, 0.3) is 0 Å². The SMILES string of the molecule is NC(=O)C1CNCCN1c1ccc([N+](=O)[O-])cc1F. The summed E-state index contributed by atoms with van der Waals surface area (Å²) in [6, 6.07) is 2.69. The first kappa shape index (κ1) is 13.2. The Morgan fingerprint density at radius 1 is 1.58 bits per heavy atom. The standard InChI is InChI=1S/C11H13FN4O3/c12-8-5-7(16(18)19)1-2-9(8)15-4-3-14-6-10(15)11(13)17/h1-2,5,10,14H,3-4,6H2,(H2,13,17). The minimum Gasteiger partial charge on any atom is -0.368 e. The van der Waals surface area contributed by atoms with Gasteiger partial charge in [0, 0.05) is 25.7 Å². The maximum absolute atomic E-state index is 13.9. The molecule has 1 heterocycles. The van der Waals surface area contributed by atoms with Crippen LogP contribution in [0.2, 0.25) is 0 Å². The van der Waals surface area contributed by atoms with Gasteiger partial charge in [-0.15, -0.1) is 0 Å². The Morgan fingerprint density at radius 2 is 2.32 bits per heavy atom. The molecule has 1 aliphatic heterocycles. The first-order chi connectivity index (χ1) is 9.00. The van der Waals surface area contributed by atoms with Gasteiger partial charge >= 0.3 is 0 Å². The normalized spacial score (nSPS) is 19.2. The number of rotatable bonds is 3. The van der Waals surface area contributed by atoms with Crippen LogP contribution in [0.15, 0.2) is 18.2 Å². The van der Waals surface area contributed by atoms with Crippen LogP contribution < -0.4 is 16.0 Å². The van der Waals surface area contributed by atoms with E-state index in [0.717, 1.165) is 6.07 Å². The molecule has 8 heteroatoms. The molecule has 3 N–H and O–H groups in total. The second-order valence-electron chi connectivity index (χ2n) is 4.21. The Balaban J connectivity index is 2.34. The van der Waals surface area contributed by atoms with Crippen molar-refractivity contribution in [3.8, 4) is 0 Å². The number of non-ortho nitro benzene ring substituents is 1. The smallest absolute Gasteiger partial charge is 0.272 e. The molecule has 0 bridgehead atoms. The summed E-state index contributed by atoms with van der Waals surface area (Å²) in [5, 5.41) is 13.5. The van der Waals surface area contributed by atoms with Gasteiger partial charge in [0.15, 0.2) is 5.82 Å². The molecular formula is C11H13FN4O3. The van der Waals surface area contributed by atoms with Gasteiger partial charge in [0.2, 0.25) is 5.91 Å².